The Morgan fingerprint density at radius 2 is 1.89 bits per heavy atom. The number of nitrogens with one attached hydrogen (secondary N) is 1. The highest BCUT2D eigenvalue weighted by Gasteiger charge is 2.39. The van der Waals surface area contributed by atoms with Crippen molar-refractivity contribution in [3.05, 3.63) is 48.0 Å². The molecular weight excluding hydrogens is 507 g/mol. The molecule has 0 bridgehead atoms. The molecule has 2 aliphatic heterocycles. The van der Waals surface area contributed by atoms with E-state index < -0.39 is 38.9 Å². The molecule has 4 rings (SSSR count). The van der Waals surface area contributed by atoms with Crippen LogP contribution in [0.2, 0.25) is 0 Å². The molecule has 1 saturated heterocycles. The van der Waals surface area contributed by atoms with Crippen LogP contribution in [-0.2, 0) is 25.7 Å². The molecule has 10 nitrogen and oxygen atoms in total. The van der Waals surface area contributed by atoms with E-state index in [1.807, 2.05) is 0 Å². The topological polar surface area (TPSA) is 125 Å². The summed E-state index contributed by atoms with van der Waals surface area (Å²) in [7, 11) is -3.04. The average molecular weight is 529 g/mol. The van der Waals surface area contributed by atoms with Crippen LogP contribution >= 0.6 is 0 Å². The zero-order chi connectivity index (χ0) is 26.3. The number of fused-ring (bicyclic) bond motifs is 1. The van der Waals surface area contributed by atoms with E-state index in [0.29, 0.717) is 19.2 Å². The number of methoxy groups -OCH3 is 1. The van der Waals surface area contributed by atoms with Crippen LogP contribution in [-0.4, -0.2) is 69.4 Å². The molecule has 0 spiro atoms. The van der Waals surface area contributed by atoms with Crippen LogP contribution in [0, 0.1) is 0 Å². The number of carbonyl (C=O) groups excluding carboxylic acids is 1. The first kappa shape index (κ1) is 25.6. The van der Waals surface area contributed by atoms with Crippen molar-refractivity contribution >= 4 is 33.4 Å². The van der Waals surface area contributed by atoms with Gasteiger partial charge in [-0.05, 0) is 36.4 Å². The van der Waals surface area contributed by atoms with Gasteiger partial charge in [-0.25, -0.2) is 13.2 Å². The Balaban J connectivity index is 1.68. The summed E-state index contributed by atoms with van der Waals surface area (Å²) in [4.78, 5) is 24.6. The highest BCUT2D eigenvalue weighted by molar-refractivity contribution is 7.92. The van der Waals surface area contributed by atoms with Crippen molar-refractivity contribution in [2.45, 2.75) is 29.7 Å². The van der Waals surface area contributed by atoms with E-state index in [2.05, 4.69) is 5.32 Å². The van der Waals surface area contributed by atoms with Gasteiger partial charge in [0.25, 0.3) is 10.0 Å². The van der Waals surface area contributed by atoms with E-state index in [1.165, 1.54) is 30.2 Å². The zero-order valence-electron chi connectivity index (χ0n) is 18.9. The second kappa shape index (κ2) is 9.50. The average Bonchev–Trinajstić information content (AvgIpc) is 2.77. The summed E-state index contributed by atoms with van der Waals surface area (Å²) >= 11 is 0. The number of ether oxygens (including phenoxy) is 2. The number of alkyl halides is 3. The molecule has 36 heavy (non-hydrogen) atoms. The lowest BCUT2D eigenvalue weighted by Gasteiger charge is -2.40. The van der Waals surface area contributed by atoms with Gasteiger partial charge in [-0.2, -0.15) is 13.2 Å². The Morgan fingerprint density at radius 3 is 2.53 bits per heavy atom. The third-order valence-electron chi connectivity index (χ3n) is 5.83. The molecule has 0 aromatic heterocycles. The van der Waals surface area contributed by atoms with Gasteiger partial charge in [-0.1, -0.05) is 6.07 Å². The van der Waals surface area contributed by atoms with E-state index in [-0.39, 0.29) is 42.1 Å². The molecule has 0 aliphatic carbocycles. The molecule has 14 heteroatoms. The molecule has 2 N–H and O–H groups in total. The fourth-order valence-electron chi connectivity index (χ4n) is 3.92. The van der Waals surface area contributed by atoms with Gasteiger partial charge >= 0.3 is 12.3 Å². The summed E-state index contributed by atoms with van der Waals surface area (Å²) < 4.78 is 78.6. The van der Waals surface area contributed by atoms with Crippen LogP contribution in [0.1, 0.15) is 12.0 Å². The quantitative estimate of drug-likeness (QED) is 0.589. The Bertz CT molecular complexity index is 1280. The van der Waals surface area contributed by atoms with Gasteiger partial charge in [0.05, 0.1) is 35.2 Å². The van der Waals surface area contributed by atoms with E-state index in [4.69, 9.17) is 14.6 Å². The smallest absolute Gasteiger partial charge is 0.416 e. The summed E-state index contributed by atoms with van der Waals surface area (Å²) in [5, 5.41) is 11.1. The number of carbonyl (C=O) groups is 2. The minimum atomic E-state index is -4.76. The maximum absolute atomic E-state index is 13.5. The van der Waals surface area contributed by atoms with Gasteiger partial charge in [-0.15, -0.1) is 0 Å². The number of nitrogens with zero attached hydrogens (tertiary/aromatic N) is 2. The van der Waals surface area contributed by atoms with Gasteiger partial charge in [-0.3, -0.25) is 14.4 Å². The van der Waals surface area contributed by atoms with Crippen LogP contribution in [0.15, 0.2) is 47.4 Å². The largest absolute Gasteiger partial charge is 0.486 e. The first-order valence-corrected chi connectivity index (χ1v) is 12.1. The lowest BCUT2D eigenvalue weighted by molar-refractivity contribution is -0.144. The number of carboxylic acid groups (broad SMARTS) is 1. The van der Waals surface area contributed by atoms with Crippen LogP contribution < -0.4 is 14.4 Å². The van der Waals surface area contributed by atoms with Crippen molar-refractivity contribution in [2.24, 2.45) is 0 Å². The number of likely N-dealkylation sites (tertiary alicyclic amines) is 1. The normalized spacial score (nSPS) is 18.2. The first-order chi connectivity index (χ1) is 16.9. The molecule has 1 fully saturated rings. The van der Waals surface area contributed by atoms with Crippen molar-refractivity contribution in [1.29, 1.82) is 0 Å². The number of anilines is 2. The standard InChI is InChI=1S/C22H22F3N3O7S/c1-34-16-10-27(11-16)20(29)9-15-12-28(18-8-14(26-21(30)31)5-6-19(18)35-15)36(32,33)17-4-2-3-13(7-17)22(23,24)25/h2-8,15-16,26H,9-12H2,1H3,(H,30,31). The second-order valence-electron chi connectivity index (χ2n) is 8.27. The van der Waals surface area contributed by atoms with Crippen LogP contribution in [0.25, 0.3) is 0 Å². The van der Waals surface area contributed by atoms with Gasteiger partial charge in [0.2, 0.25) is 5.91 Å². The van der Waals surface area contributed by atoms with E-state index >= 15 is 0 Å². The second-order valence-corrected chi connectivity index (χ2v) is 10.1. The Hall–Kier alpha value is -3.52. The van der Waals surface area contributed by atoms with E-state index in [1.54, 1.807) is 0 Å². The van der Waals surface area contributed by atoms with Crippen LogP contribution in [0.5, 0.6) is 5.75 Å². The molecule has 2 aliphatic rings. The highest BCUT2D eigenvalue weighted by Crippen LogP contribution is 2.40. The number of halogens is 3. The zero-order valence-corrected chi connectivity index (χ0v) is 19.7. The lowest BCUT2D eigenvalue weighted by Crippen LogP contribution is -2.55. The predicted octanol–water partition coefficient (Wildman–Crippen LogP) is 3.00. The summed E-state index contributed by atoms with van der Waals surface area (Å²) in [5.41, 5.74) is -1.20. The van der Waals surface area contributed by atoms with Crippen molar-refractivity contribution in [3.63, 3.8) is 0 Å². The molecule has 0 saturated carbocycles. The summed E-state index contributed by atoms with van der Waals surface area (Å²) in [6, 6.07) is 7.16. The van der Waals surface area contributed by atoms with Gasteiger partial charge in [0.1, 0.15) is 11.9 Å². The van der Waals surface area contributed by atoms with Gasteiger partial charge in [0, 0.05) is 25.9 Å². The number of rotatable bonds is 6. The number of benzene rings is 2. The lowest BCUT2D eigenvalue weighted by atomic mass is 10.1. The molecule has 2 aromatic rings. The maximum Gasteiger partial charge on any atom is 0.416 e. The minimum Gasteiger partial charge on any atom is -0.486 e. The molecule has 2 amide bonds. The van der Waals surface area contributed by atoms with Crippen molar-refractivity contribution in [2.75, 3.05) is 36.4 Å². The Morgan fingerprint density at radius 1 is 1.17 bits per heavy atom. The van der Waals surface area contributed by atoms with E-state index in [0.717, 1.165) is 22.5 Å². The Kier molecular flexibility index (Phi) is 6.75. The van der Waals surface area contributed by atoms with Crippen molar-refractivity contribution in [3.8, 4) is 5.75 Å². The van der Waals surface area contributed by atoms with E-state index in [9.17, 15) is 31.2 Å². The molecule has 2 heterocycles. The third-order valence-corrected chi connectivity index (χ3v) is 7.60. The number of hydrogen-bond acceptors (Lipinski definition) is 6. The monoisotopic (exact) mass is 529 g/mol. The number of amides is 2. The minimum absolute atomic E-state index is 0.0230. The molecule has 2 aromatic carbocycles. The van der Waals surface area contributed by atoms with Crippen molar-refractivity contribution in [1.82, 2.24) is 4.90 Å². The van der Waals surface area contributed by atoms with Crippen LogP contribution in [0.3, 0.4) is 0 Å². The first-order valence-electron chi connectivity index (χ1n) is 10.7. The third kappa shape index (κ3) is 5.18. The van der Waals surface area contributed by atoms with Gasteiger partial charge < -0.3 is 19.5 Å². The fraction of sp³-hybridized carbons (Fsp3) is 0.364. The molecular formula is C22H22F3N3O7S. The summed E-state index contributed by atoms with van der Waals surface area (Å²) in [6.45, 7) is 0.388. The molecule has 1 unspecified atom stereocenters. The summed E-state index contributed by atoms with van der Waals surface area (Å²) in [6.07, 6.45) is -7.37. The highest BCUT2D eigenvalue weighted by atomic mass is 32.2. The predicted molar refractivity (Wildman–Crippen MR) is 120 cm³/mol. The molecule has 194 valence electrons. The molecule has 1 atom stereocenters. The number of sulfonamides is 1. The number of hydrogen-bond donors (Lipinski definition) is 2. The maximum atomic E-state index is 13.5. The fourth-order valence-corrected chi connectivity index (χ4v) is 5.47. The molecule has 0 radical (unpaired) electrons. The summed E-state index contributed by atoms with van der Waals surface area (Å²) in [5.74, 6) is -0.263. The van der Waals surface area contributed by atoms with Crippen molar-refractivity contribution < 1.29 is 45.8 Å². The SMILES string of the molecule is COC1CN(C(=O)CC2CN(S(=O)(=O)c3cccc(C(F)(F)F)c3)c3cc(NC(=O)O)ccc3O2)C1. The van der Waals surface area contributed by atoms with Gasteiger partial charge in [0.15, 0.2) is 0 Å². The van der Waals surface area contributed by atoms with Crippen LogP contribution in [0.4, 0.5) is 29.3 Å². The Labute approximate surface area is 204 Å².